The van der Waals surface area contributed by atoms with E-state index in [4.69, 9.17) is 0 Å². The van der Waals surface area contributed by atoms with Crippen LogP contribution in [0.1, 0.15) is 69.9 Å². The SMILES string of the molecule is CCC(CC(CC(C)c1ccccc1)C(C)C)c1ccccc1. The van der Waals surface area contributed by atoms with E-state index >= 15 is 0 Å². The Morgan fingerprint density at radius 1 is 0.696 bits per heavy atom. The van der Waals surface area contributed by atoms with Crippen molar-refractivity contribution in [1.29, 1.82) is 0 Å². The van der Waals surface area contributed by atoms with Crippen molar-refractivity contribution in [3.8, 4) is 0 Å². The van der Waals surface area contributed by atoms with Gasteiger partial charge < -0.3 is 0 Å². The molecule has 0 nitrogen and oxygen atoms in total. The third-order valence-electron chi connectivity index (χ3n) is 5.32. The Hall–Kier alpha value is -1.56. The molecule has 0 spiro atoms. The zero-order chi connectivity index (χ0) is 16.7. The quantitative estimate of drug-likeness (QED) is 0.490. The molecule has 2 aromatic carbocycles. The highest BCUT2D eigenvalue weighted by molar-refractivity contribution is 5.20. The van der Waals surface area contributed by atoms with Gasteiger partial charge in [-0.1, -0.05) is 88.4 Å². The van der Waals surface area contributed by atoms with Crippen LogP contribution in [-0.4, -0.2) is 0 Å². The summed E-state index contributed by atoms with van der Waals surface area (Å²) < 4.78 is 0. The molecule has 0 saturated carbocycles. The van der Waals surface area contributed by atoms with Gasteiger partial charge in [0.1, 0.15) is 0 Å². The second-order valence-electron chi connectivity index (χ2n) is 7.30. The molecule has 0 aliphatic heterocycles. The molecule has 0 radical (unpaired) electrons. The van der Waals surface area contributed by atoms with E-state index in [1.165, 1.54) is 30.4 Å². The number of rotatable bonds is 8. The van der Waals surface area contributed by atoms with Crippen LogP contribution in [0.2, 0.25) is 0 Å². The summed E-state index contributed by atoms with van der Waals surface area (Å²) in [7, 11) is 0. The normalized spacial score (nSPS) is 15.3. The standard InChI is InChI=1S/C23H32/c1-5-20(22-14-10-7-11-15-22)17-23(18(2)3)16-19(4)21-12-8-6-9-13-21/h6-15,18-20,23H,5,16-17H2,1-4H3. The van der Waals surface area contributed by atoms with Gasteiger partial charge >= 0.3 is 0 Å². The Labute approximate surface area is 143 Å². The van der Waals surface area contributed by atoms with Crippen LogP contribution in [0, 0.1) is 11.8 Å². The van der Waals surface area contributed by atoms with Gasteiger partial charge in [0, 0.05) is 0 Å². The zero-order valence-corrected chi connectivity index (χ0v) is 15.2. The number of hydrogen-bond donors (Lipinski definition) is 0. The predicted molar refractivity (Wildman–Crippen MR) is 102 cm³/mol. The molecule has 0 N–H and O–H groups in total. The summed E-state index contributed by atoms with van der Waals surface area (Å²) in [6.45, 7) is 9.49. The first kappa shape index (κ1) is 17.8. The maximum atomic E-state index is 2.39. The molecule has 0 aromatic heterocycles. The molecule has 0 aliphatic carbocycles. The van der Waals surface area contributed by atoms with E-state index in [0.717, 1.165) is 11.8 Å². The zero-order valence-electron chi connectivity index (χ0n) is 15.2. The molecule has 2 rings (SSSR count). The van der Waals surface area contributed by atoms with Crippen molar-refractivity contribution >= 4 is 0 Å². The van der Waals surface area contributed by atoms with Crippen molar-refractivity contribution in [2.24, 2.45) is 11.8 Å². The maximum absolute atomic E-state index is 2.39. The van der Waals surface area contributed by atoms with Crippen LogP contribution < -0.4 is 0 Å². The van der Waals surface area contributed by atoms with Crippen LogP contribution in [0.5, 0.6) is 0 Å². The molecule has 0 heteroatoms. The highest BCUT2D eigenvalue weighted by Gasteiger charge is 2.22. The summed E-state index contributed by atoms with van der Waals surface area (Å²) in [6, 6.07) is 22.0. The van der Waals surface area contributed by atoms with Crippen molar-refractivity contribution in [3.05, 3.63) is 71.8 Å². The third-order valence-corrected chi connectivity index (χ3v) is 5.32. The van der Waals surface area contributed by atoms with Gasteiger partial charge in [0.05, 0.1) is 0 Å². The van der Waals surface area contributed by atoms with Crippen LogP contribution in [0.3, 0.4) is 0 Å². The largest absolute Gasteiger partial charge is 0.0648 e. The van der Waals surface area contributed by atoms with Gasteiger partial charge in [-0.25, -0.2) is 0 Å². The lowest BCUT2D eigenvalue weighted by molar-refractivity contribution is 0.294. The fourth-order valence-corrected chi connectivity index (χ4v) is 3.64. The van der Waals surface area contributed by atoms with Gasteiger partial charge in [-0.15, -0.1) is 0 Å². The minimum Gasteiger partial charge on any atom is -0.0648 e. The predicted octanol–water partition coefficient (Wildman–Crippen LogP) is 7.04. The van der Waals surface area contributed by atoms with E-state index in [2.05, 4.69) is 88.4 Å². The van der Waals surface area contributed by atoms with Gasteiger partial charge in [-0.2, -0.15) is 0 Å². The highest BCUT2D eigenvalue weighted by atomic mass is 14.3. The second kappa shape index (κ2) is 8.91. The summed E-state index contributed by atoms with van der Waals surface area (Å²) in [6.07, 6.45) is 3.81. The minimum absolute atomic E-state index is 0.636. The van der Waals surface area contributed by atoms with E-state index in [9.17, 15) is 0 Å². The lowest BCUT2D eigenvalue weighted by atomic mass is 9.77. The molecule has 0 heterocycles. The summed E-state index contributed by atoms with van der Waals surface area (Å²) in [5, 5.41) is 0. The van der Waals surface area contributed by atoms with Gasteiger partial charge in [0.15, 0.2) is 0 Å². The second-order valence-corrected chi connectivity index (χ2v) is 7.30. The highest BCUT2D eigenvalue weighted by Crippen LogP contribution is 2.36. The van der Waals surface area contributed by atoms with E-state index in [1.54, 1.807) is 0 Å². The van der Waals surface area contributed by atoms with Crippen LogP contribution in [0.25, 0.3) is 0 Å². The molecule has 0 amide bonds. The Morgan fingerprint density at radius 3 is 1.70 bits per heavy atom. The molecule has 0 bridgehead atoms. The molecule has 0 aliphatic rings. The van der Waals surface area contributed by atoms with Crippen LogP contribution >= 0.6 is 0 Å². The lowest BCUT2D eigenvalue weighted by Gasteiger charge is -2.28. The average molecular weight is 309 g/mol. The molecule has 3 atom stereocenters. The van der Waals surface area contributed by atoms with Gasteiger partial charge in [0.25, 0.3) is 0 Å². The van der Waals surface area contributed by atoms with Crippen LogP contribution in [0.15, 0.2) is 60.7 Å². The van der Waals surface area contributed by atoms with Gasteiger partial charge in [-0.05, 0) is 54.1 Å². The van der Waals surface area contributed by atoms with Crippen molar-refractivity contribution < 1.29 is 0 Å². The summed E-state index contributed by atoms with van der Waals surface area (Å²) in [5.41, 5.74) is 2.99. The van der Waals surface area contributed by atoms with Crippen molar-refractivity contribution in [3.63, 3.8) is 0 Å². The monoisotopic (exact) mass is 308 g/mol. The smallest absolute Gasteiger partial charge is 0.0162 e. The summed E-state index contributed by atoms with van der Waals surface area (Å²) >= 11 is 0. The van der Waals surface area contributed by atoms with Crippen molar-refractivity contribution in [2.75, 3.05) is 0 Å². The van der Waals surface area contributed by atoms with E-state index in [-0.39, 0.29) is 0 Å². The molecular weight excluding hydrogens is 276 g/mol. The maximum Gasteiger partial charge on any atom is -0.0162 e. The molecule has 124 valence electrons. The summed E-state index contributed by atoms with van der Waals surface area (Å²) in [4.78, 5) is 0. The Bertz CT molecular complexity index is 541. The molecule has 2 aromatic rings. The fraction of sp³-hybridized carbons (Fsp3) is 0.478. The van der Waals surface area contributed by atoms with Crippen molar-refractivity contribution in [2.45, 2.75) is 58.8 Å². The number of hydrogen-bond acceptors (Lipinski definition) is 0. The molecule has 0 fully saturated rings. The number of benzene rings is 2. The Kier molecular flexibility index (Phi) is 6.89. The van der Waals surface area contributed by atoms with E-state index < -0.39 is 0 Å². The van der Waals surface area contributed by atoms with E-state index in [0.29, 0.717) is 11.8 Å². The fourth-order valence-electron chi connectivity index (χ4n) is 3.64. The van der Waals surface area contributed by atoms with Gasteiger partial charge in [-0.3, -0.25) is 0 Å². The molecule has 3 unspecified atom stereocenters. The van der Waals surface area contributed by atoms with E-state index in [1.807, 2.05) is 0 Å². The minimum atomic E-state index is 0.636. The lowest BCUT2D eigenvalue weighted by Crippen LogP contribution is -2.16. The summed E-state index contributed by atoms with van der Waals surface area (Å²) in [5.74, 6) is 2.83. The van der Waals surface area contributed by atoms with Crippen LogP contribution in [-0.2, 0) is 0 Å². The first-order valence-corrected chi connectivity index (χ1v) is 9.21. The van der Waals surface area contributed by atoms with Crippen molar-refractivity contribution in [1.82, 2.24) is 0 Å². The Balaban J connectivity index is 2.06. The first-order valence-electron chi connectivity index (χ1n) is 9.21. The molecule has 23 heavy (non-hydrogen) atoms. The Morgan fingerprint density at radius 2 is 1.22 bits per heavy atom. The topological polar surface area (TPSA) is 0 Å². The molecular formula is C23H32. The average Bonchev–Trinajstić information content (AvgIpc) is 2.59. The first-order chi connectivity index (χ1) is 11.1. The van der Waals surface area contributed by atoms with Crippen LogP contribution in [0.4, 0.5) is 0 Å². The third kappa shape index (κ3) is 5.23. The van der Waals surface area contributed by atoms with Gasteiger partial charge in [0.2, 0.25) is 0 Å². The molecule has 0 saturated heterocycles.